The van der Waals surface area contributed by atoms with Gasteiger partial charge in [0.15, 0.2) is 9.84 Å². The van der Waals surface area contributed by atoms with Crippen molar-refractivity contribution in [1.82, 2.24) is 26.2 Å². The highest BCUT2D eigenvalue weighted by Gasteiger charge is 2.53. The molecule has 2 saturated heterocycles. The molecule has 0 aromatic rings. The van der Waals surface area contributed by atoms with E-state index in [1.165, 1.54) is 0 Å². The number of hydrogen-bond acceptors (Lipinski definition) is 7. The van der Waals surface area contributed by atoms with Crippen molar-refractivity contribution >= 4 is 39.4 Å². The highest BCUT2D eigenvalue weighted by atomic mass is 32.2. The SMILES string of the molecule is CCC[C@H](NC(=O)[C@@H]1[C@H]2CCC[C@H]2CN1C(=O)[C@@H](NC(=O)NC1([C@@H]2CCCS2(=O)=O)CCCCC1)C(C)(C)C)C(=O)C(=O)NC1CC1. The predicted molar refractivity (Wildman–Crippen MR) is 177 cm³/mol. The van der Waals surface area contributed by atoms with E-state index >= 15 is 0 Å². The molecule has 0 spiro atoms. The molecule has 264 valence electrons. The van der Waals surface area contributed by atoms with E-state index in [0.717, 1.165) is 51.4 Å². The fourth-order valence-corrected chi connectivity index (χ4v) is 11.0. The van der Waals surface area contributed by atoms with E-state index in [0.29, 0.717) is 45.1 Å². The largest absolute Gasteiger partial charge is 0.347 e. The summed E-state index contributed by atoms with van der Waals surface area (Å²) in [5, 5.41) is 10.9. The lowest BCUT2D eigenvalue weighted by Crippen LogP contribution is -2.65. The number of fused-ring (bicyclic) bond motifs is 1. The van der Waals surface area contributed by atoms with Crippen LogP contribution in [-0.2, 0) is 29.0 Å². The summed E-state index contributed by atoms with van der Waals surface area (Å²) in [6, 6.07) is -3.35. The van der Waals surface area contributed by atoms with E-state index in [1.807, 2.05) is 27.7 Å². The van der Waals surface area contributed by atoms with E-state index < -0.39 is 67.8 Å². The summed E-state index contributed by atoms with van der Waals surface area (Å²) < 4.78 is 26.1. The van der Waals surface area contributed by atoms with Gasteiger partial charge in [-0.1, -0.05) is 59.8 Å². The zero-order chi connectivity index (χ0) is 34.1. The van der Waals surface area contributed by atoms with Crippen LogP contribution in [-0.4, -0.2) is 90.1 Å². The maximum atomic E-state index is 14.5. The number of urea groups is 1. The molecule has 3 saturated carbocycles. The van der Waals surface area contributed by atoms with Crippen LogP contribution in [0, 0.1) is 17.3 Å². The fourth-order valence-electron chi connectivity index (χ4n) is 8.65. The summed E-state index contributed by atoms with van der Waals surface area (Å²) in [6.45, 7) is 7.82. The topological polar surface area (TPSA) is 171 Å². The fraction of sp³-hybridized carbons (Fsp3) is 0.853. The lowest BCUT2D eigenvalue weighted by atomic mass is 9.78. The Kier molecular flexibility index (Phi) is 10.6. The standard InChI is InChI=1S/C34H55N5O7S/c1-5-11-24(27(40)30(42)35-22-15-16-22)36-29(41)26-23-13-9-12-21(23)20-39(26)31(43)28(33(2,3)4)37-32(44)38-34(17-7-6-8-18-34)25-14-10-19-47(25,45)46/h21-26,28H,5-20H2,1-4H3,(H,35,42)(H,36,41)(H2,37,38,44)/t21-,23-,24-,25-,26-,28+/m0/s1. The monoisotopic (exact) mass is 677 g/mol. The number of hydrogen-bond donors (Lipinski definition) is 4. The Morgan fingerprint density at radius 2 is 1.60 bits per heavy atom. The number of nitrogens with one attached hydrogen (secondary N) is 4. The maximum absolute atomic E-state index is 14.5. The molecule has 0 radical (unpaired) electrons. The van der Waals surface area contributed by atoms with E-state index in [-0.39, 0.29) is 29.5 Å². The smallest absolute Gasteiger partial charge is 0.315 e. The molecule has 0 aromatic heterocycles. The number of likely N-dealkylation sites (tertiary alicyclic amines) is 1. The number of carbonyl (C=O) groups is 5. The van der Waals surface area contributed by atoms with Crippen molar-refractivity contribution in [3.8, 4) is 0 Å². The average Bonchev–Trinajstić information content (AvgIpc) is 3.38. The highest BCUT2D eigenvalue weighted by Crippen LogP contribution is 2.43. The second-order valence-electron chi connectivity index (χ2n) is 15.9. The summed E-state index contributed by atoms with van der Waals surface area (Å²) in [4.78, 5) is 69.5. The second-order valence-corrected chi connectivity index (χ2v) is 18.2. The molecule has 0 bridgehead atoms. The van der Waals surface area contributed by atoms with Crippen LogP contribution in [0.2, 0.25) is 0 Å². The van der Waals surface area contributed by atoms with Gasteiger partial charge in [-0.25, -0.2) is 13.2 Å². The van der Waals surface area contributed by atoms with Gasteiger partial charge in [-0.05, 0) is 75.0 Å². The third kappa shape index (κ3) is 7.80. The van der Waals surface area contributed by atoms with Gasteiger partial charge in [-0.2, -0.15) is 0 Å². The average molecular weight is 678 g/mol. The van der Waals surface area contributed by atoms with Crippen molar-refractivity contribution in [3.63, 3.8) is 0 Å². The van der Waals surface area contributed by atoms with Gasteiger partial charge in [-0.15, -0.1) is 0 Å². The summed E-state index contributed by atoms with van der Waals surface area (Å²) in [6.07, 6.45) is 10.0. The van der Waals surface area contributed by atoms with Crippen LogP contribution in [0.1, 0.15) is 118 Å². The van der Waals surface area contributed by atoms with E-state index in [1.54, 1.807) is 4.90 Å². The highest BCUT2D eigenvalue weighted by molar-refractivity contribution is 7.92. The predicted octanol–water partition coefficient (Wildman–Crippen LogP) is 2.74. The molecule has 3 aliphatic carbocycles. The van der Waals surface area contributed by atoms with Crippen LogP contribution >= 0.6 is 0 Å². The van der Waals surface area contributed by atoms with Crippen molar-refractivity contribution in [2.45, 2.75) is 153 Å². The number of rotatable bonds is 11. The van der Waals surface area contributed by atoms with Crippen LogP contribution in [0.4, 0.5) is 4.79 Å². The molecule has 0 unspecified atom stereocenters. The lowest BCUT2D eigenvalue weighted by molar-refractivity contribution is -0.144. The minimum Gasteiger partial charge on any atom is -0.347 e. The number of amides is 5. The Balaban J connectivity index is 1.34. The maximum Gasteiger partial charge on any atom is 0.315 e. The number of sulfone groups is 1. The van der Waals surface area contributed by atoms with Crippen LogP contribution < -0.4 is 21.3 Å². The first kappa shape index (κ1) is 35.6. The molecule has 12 nitrogen and oxygen atoms in total. The van der Waals surface area contributed by atoms with Gasteiger partial charge in [0.2, 0.25) is 17.6 Å². The second kappa shape index (κ2) is 14.0. The van der Waals surface area contributed by atoms with Crippen LogP contribution in [0.15, 0.2) is 0 Å². The molecule has 6 atom stereocenters. The Bertz CT molecular complexity index is 1330. The summed E-state index contributed by atoms with van der Waals surface area (Å²) in [5.74, 6) is -2.00. The molecular weight excluding hydrogens is 622 g/mol. The Labute approximate surface area is 279 Å². The molecule has 0 aromatic carbocycles. The van der Waals surface area contributed by atoms with E-state index in [2.05, 4.69) is 21.3 Å². The molecule has 5 fully saturated rings. The van der Waals surface area contributed by atoms with Gasteiger partial charge in [0, 0.05) is 12.6 Å². The lowest BCUT2D eigenvalue weighted by Gasteiger charge is -2.43. The third-order valence-corrected chi connectivity index (χ3v) is 13.6. The number of ketones is 1. The van der Waals surface area contributed by atoms with Gasteiger partial charge < -0.3 is 26.2 Å². The van der Waals surface area contributed by atoms with Crippen LogP contribution in [0.3, 0.4) is 0 Å². The van der Waals surface area contributed by atoms with Gasteiger partial charge >= 0.3 is 6.03 Å². The van der Waals surface area contributed by atoms with Crippen molar-refractivity contribution in [1.29, 1.82) is 0 Å². The van der Waals surface area contributed by atoms with Crippen molar-refractivity contribution in [2.75, 3.05) is 12.3 Å². The van der Waals surface area contributed by atoms with E-state index in [4.69, 9.17) is 0 Å². The number of nitrogens with zero attached hydrogens (tertiary/aromatic N) is 1. The van der Waals surface area contributed by atoms with Gasteiger partial charge in [0.25, 0.3) is 5.91 Å². The zero-order valence-electron chi connectivity index (χ0n) is 28.6. The third-order valence-electron chi connectivity index (χ3n) is 11.2. The zero-order valence-corrected chi connectivity index (χ0v) is 29.4. The normalized spacial score (nSPS) is 29.3. The first-order valence-corrected chi connectivity index (χ1v) is 19.6. The molecule has 2 aliphatic heterocycles. The van der Waals surface area contributed by atoms with Gasteiger partial charge in [-0.3, -0.25) is 19.2 Å². The number of carbonyl (C=O) groups excluding carboxylic acids is 5. The minimum atomic E-state index is -3.34. The van der Waals surface area contributed by atoms with Gasteiger partial charge in [0.1, 0.15) is 12.1 Å². The minimum absolute atomic E-state index is 0.0150. The van der Waals surface area contributed by atoms with Crippen LogP contribution in [0.5, 0.6) is 0 Å². The van der Waals surface area contributed by atoms with Gasteiger partial charge in [0.05, 0.1) is 22.6 Å². The Morgan fingerprint density at radius 3 is 2.19 bits per heavy atom. The molecule has 47 heavy (non-hydrogen) atoms. The molecule has 5 aliphatic rings. The van der Waals surface area contributed by atoms with Crippen molar-refractivity contribution in [3.05, 3.63) is 0 Å². The molecular formula is C34H55N5O7S. The summed E-state index contributed by atoms with van der Waals surface area (Å²) in [7, 11) is -3.34. The Morgan fingerprint density at radius 1 is 0.894 bits per heavy atom. The number of Topliss-reactive ketones (excluding diaryl/α,β-unsaturated/α-hetero) is 1. The Hall–Kier alpha value is -2.70. The van der Waals surface area contributed by atoms with E-state index in [9.17, 15) is 32.4 Å². The molecule has 4 N–H and O–H groups in total. The first-order valence-electron chi connectivity index (χ1n) is 17.9. The van der Waals surface area contributed by atoms with Crippen molar-refractivity contribution in [2.24, 2.45) is 17.3 Å². The molecule has 5 rings (SSSR count). The van der Waals surface area contributed by atoms with Crippen LogP contribution in [0.25, 0.3) is 0 Å². The summed E-state index contributed by atoms with van der Waals surface area (Å²) in [5.41, 5.74) is -1.60. The van der Waals surface area contributed by atoms with Crippen molar-refractivity contribution < 1.29 is 32.4 Å². The quantitative estimate of drug-likeness (QED) is 0.244. The first-order chi connectivity index (χ1) is 22.2. The summed E-state index contributed by atoms with van der Waals surface area (Å²) >= 11 is 0. The molecule has 5 amide bonds. The molecule has 13 heteroatoms. The molecule has 2 heterocycles.